The van der Waals surface area contributed by atoms with Gasteiger partial charge in [-0.15, -0.1) is 0 Å². The fourth-order valence-electron chi connectivity index (χ4n) is 3.69. The molecule has 0 spiro atoms. The van der Waals surface area contributed by atoms with Crippen molar-refractivity contribution in [3.05, 3.63) is 59.2 Å². The lowest BCUT2D eigenvalue weighted by Gasteiger charge is -2.34. The second kappa shape index (κ2) is 5.84. The van der Waals surface area contributed by atoms with Gasteiger partial charge in [0.2, 0.25) is 5.91 Å². The average molecular weight is 334 g/mol. The Kier molecular flexibility index (Phi) is 3.64. The van der Waals surface area contributed by atoms with E-state index in [2.05, 4.69) is 5.32 Å². The molecule has 1 N–H and O–H groups in total. The smallest absolute Gasteiger partial charge is 0.254 e. The van der Waals surface area contributed by atoms with Gasteiger partial charge in [0.25, 0.3) is 5.91 Å². The summed E-state index contributed by atoms with van der Waals surface area (Å²) in [7, 11) is 0. The number of carbonyl (C=O) groups excluding carboxylic acids is 3. The van der Waals surface area contributed by atoms with E-state index in [4.69, 9.17) is 0 Å². The predicted octanol–water partition coefficient (Wildman–Crippen LogP) is 2.25. The maximum Gasteiger partial charge on any atom is 0.254 e. The van der Waals surface area contributed by atoms with Crippen LogP contribution in [0.25, 0.3) is 11.1 Å². The molecule has 1 heterocycles. The van der Waals surface area contributed by atoms with Gasteiger partial charge in [0.1, 0.15) is 6.04 Å². The number of carbonyl (C=O) groups is 3. The molecule has 0 aromatic heterocycles. The van der Waals surface area contributed by atoms with Gasteiger partial charge in [0.15, 0.2) is 5.78 Å². The molecule has 5 heteroatoms. The highest BCUT2D eigenvalue weighted by Gasteiger charge is 2.33. The Morgan fingerprint density at radius 1 is 1.08 bits per heavy atom. The van der Waals surface area contributed by atoms with Gasteiger partial charge in [-0.1, -0.05) is 37.3 Å². The van der Waals surface area contributed by atoms with Crippen LogP contribution >= 0.6 is 0 Å². The Balaban J connectivity index is 1.70. The third kappa shape index (κ3) is 2.35. The quantitative estimate of drug-likeness (QED) is 0.782. The number of benzene rings is 2. The van der Waals surface area contributed by atoms with Gasteiger partial charge in [0, 0.05) is 29.8 Å². The molecule has 0 bridgehead atoms. The second-order valence-corrected chi connectivity index (χ2v) is 6.35. The first-order chi connectivity index (χ1) is 12.1. The van der Waals surface area contributed by atoms with Crippen molar-refractivity contribution in [2.24, 2.45) is 0 Å². The minimum atomic E-state index is -0.456. The fourth-order valence-corrected chi connectivity index (χ4v) is 3.69. The SMILES string of the molecule is CC[C@H]1C(=O)NCCN1C(=O)c1ccc2c(c1)C(=O)c1ccccc1-2. The van der Waals surface area contributed by atoms with Crippen molar-refractivity contribution in [3.63, 3.8) is 0 Å². The Morgan fingerprint density at radius 3 is 2.56 bits per heavy atom. The molecule has 0 radical (unpaired) electrons. The number of nitrogens with one attached hydrogen (secondary N) is 1. The van der Waals surface area contributed by atoms with Gasteiger partial charge in [-0.05, 0) is 29.7 Å². The molecular formula is C20H18N2O3. The average Bonchev–Trinajstić information content (AvgIpc) is 2.93. The van der Waals surface area contributed by atoms with Crippen LogP contribution in [-0.4, -0.2) is 41.6 Å². The van der Waals surface area contributed by atoms with E-state index in [1.54, 1.807) is 23.1 Å². The molecule has 1 aliphatic carbocycles. The molecule has 0 unspecified atom stereocenters. The number of ketones is 1. The van der Waals surface area contributed by atoms with Crippen LogP contribution in [-0.2, 0) is 4.79 Å². The molecule has 5 nitrogen and oxygen atoms in total. The molecule has 0 saturated carbocycles. The Labute approximate surface area is 145 Å². The number of piperazine rings is 1. The van der Waals surface area contributed by atoms with Crippen LogP contribution < -0.4 is 5.32 Å². The van der Waals surface area contributed by atoms with E-state index in [0.717, 1.165) is 11.1 Å². The van der Waals surface area contributed by atoms with Crippen LogP contribution in [0.1, 0.15) is 39.6 Å². The van der Waals surface area contributed by atoms with Crippen LogP contribution in [0.3, 0.4) is 0 Å². The first-order valence-corrected chi connectivity index (χ1v) is 8.48. The number of rotatable bonds is 2. The number of hydrogen-bond acceptors (Lipinski definition) is 3. The first kappa shape index (κ1) is 15.6. The van der Waals surface area contributed by atoms with Crippen LogP contribution in [0.5, 0.6) is 0 Å². The summed E-state index contributed by atoms with van der Waals surface area (Å²) in [6, 6.07) is 12.3. The summed E-state index contributed by atoms with van der Waals surface area (Å²) in [5.74, 6) is -0.372. The highest BCUT2D eigenvalue weighted by molar-refractivity contribution is 6.22. The molecule has 25 heavy (non-hydrogen) atoms. The van der Waals surface area contributed by atoms with Crippen molar-refractivity contribution >= 4 is 17.6 Å². The minimum absolute atomic E-state index is 0.0521. The largest absolute Gasteiger partial charge is 0.353 e. The summed E-state index contributed by atoms with van der Waals surface area (Å²) in [6.45, 7) is 2.82. The molecule has 4 rings (SSSR count). The number of hydrogen-bond donors (Lipinski definition) is 1. The zero-order valence-electron chi connectivity index (χ0n) is 13.9. The Morgan fingerprint density at radius 2 is 1.80 bits per heavy atom. The molecular weight excluding hydrogens is 316 g/mol. The molecule has 1 fully saturated rings. The zero-order chi connectivity index (χ0) is 17.6. The Hall–Kier alpha value is -2.95. The van der Waals surface area contributed by atoms with Crippen molar-refractivity contribution < 1.29 is 14.4 Å². The van der Waals surface area contributed by atoms with Crippen LogP contribution in [0.4, 0.5) is 0 Å². The van der Waals surface area contributed by atoms with Crippen molar-refractivity contribution in [2.75, 3.05) is 13.1 Å². The summed E-state index contributed by atoms with van der Waals surface area (Å²) in [4.78, 5) is 39.2. The summed E-state index contributed by atoms with van der Waals surface area (Å²) >= 11 is 0. The molecule has 2 aliphatic rings. The lowest BCUT2D eigenvalue weighted by Crippen LogP contribution is -2.56. The number of nitrogens with zero attached hydrogens (tertiary/aromatic N) is 1. The van der Waals surface area contributed by atoms with E-state index < -0.39 is 6.04 Å². The first-order valence-electron chi connectivity index (χ1n) is 8.48. The lowest BCUT2D eigenvalue weighted by atomic mass is 10.0. The lowest BCUT2D eigenvalue weighted by molar-refractivity contribution is -0.127. The highest BCUT2D eigenvalue weighted by Crippen LogP contribution is 2.36. The molecule has 2 amide bonds. The van der Waals surface area contributed by atoms with Gasteiger partial charge in [-0.25, -0.2) is 0 Å². The summed E-state index contributed by atoms with van der Waals surface area (Å²) < 4.78 is 0. The number of amides is 2. The van der Waals surface area contributed by atoms with Gasteiger partial charge in [0.05, 0.1) is 0 Å². The van der Waals surface area contributed by atoms with Crippen LogP contribution in [0.15, 0.2) is 42.5 Å². The van der Waals surface area contributed by atoms with Gasteiger partial charge >= 0.3 is 0 Å². The number of fused-ring (bicyclic) bond motifs is 3. The van der Waals surface area contributed by atoms with Crippen LogP contribution in [0.2, 0.25) is 0 Å². The monoisotopic (exact) mass is 334 g/mol. The molecule has 2 aromatic rings. The fraction of sp³-hybridized carbons (Fsp3) is 0.250. The zero-order valence-corrected chi connectivity index (χ0v) is 13.9. The van der Waals surface area contributed by atoms with E-state index in [0.29, 0.717) is 36.2 Å². The molecule has 126 valence electrons. The van der Waals surface area contributed by atoms with Crippen molar-refractivity contribution in [1.29, 1.82) is 0 Å². The maximum absolute atomic E-state index is 12.9. The summed E-state index contributed by atoms with van der Waals surface area (Å²) in [5.41, 5.74) is 3.45. The summed E-state index contributed by atoms with van der Waals surface area (Å²) in [5, 5.41) is 2.79. The minimum Gasteiger partial charge on any atom is -0.353 e. The van der Waals surface area contributed by atoms with Gasteiger partial charge < -0.3 is 10.2 Å². The van der Waals surface area contributed by atoms with E-state index in [-0.39, 0.29) is 17.6 Å². The van der Waals surface area contributed by atoms with E-state index in [9.17, 15) is 14.4 Å². The van der Waals surface area contributed by atoms with E-state index in [1.807, 2.05) is 31.2 Å². The molecule has 1 atom stereocenters. The van der Waals surface area contributed by atoms with Crippen LogP contribution in [0, 0.1) is 0 Å². The van der Waals surface area contributed by atoms with Crippen molar-refractivity contribution in [2.45, 2.75) is 19.4 Å². The standard InChI is InChI=1S/C20H18N2O3/c1-2-17-19(24)21-9-10-22(17)20(25)12-7-8-14-13-5-3-4-6-15(13)18(23)16(14)11-12/h3-8,11,17H,2,9-10H2,1H3,(H,21,24)/t17-/m0/s1. The van der Waals surface area contributed by atoms with E-state index in [1.165, 1.54) is 0 Å². The van der Waals surface area contributed by atoms with E-state index >= 15 is 0 Å². The highest BCUT2D eigenvalue weighted by atomic mass is 16.2. The molecule has 1 saturated heterocycles. The van der Waals surface area contributed by atoms with Crippen molar-refractivity contribution in [3.8, 4) is 11.1 Å². The van der Waals surface area contributed by atoms with Crippen molar-refractivity contribution in [1.82, 2.24) is 10.2 Å². The molecule has 1 aliphatic heterocycles. The maximum atomic E-state index is 12.9. The van der Waals surface area contributed by atoms with Gasteiger partial charge in [-0.2, -0.15) is 0 Å². The normalized spacial score (nSPS) is 18.6. The topological polar surface area (TPSA) is 66.5 Å². The Bertz CT molecular complexity index is 904. The molecule has 2 aromatic carbocycles. The summed E-state index contributed by atoms with van der Waals surface area (Å²) in [6.07, 6.45) is 0.562. The third-order valence-corrected chi connectivity index (χ3v) is 4.95. The predicted molar refractivity (Wildman–Crippen MR) is 93.4 cm³/mol. The second-order valence-electron chi connectivity index (χ2n) is 6.35. The third-order valence-electron chi connectivity index (χ3n) is 4.95. The van der Waals surface area contributed by atoms with Gasteiger partial charge in [-0.3, -0.25) is 14.4 Å².